The van der Waals surface area contributed by atoms with Gasteiger partial charge in [-0.2, -0.15) is 0 Å². The Bertz CT molecular complexity index is 1140. The quantitative estimate of drug-likeness (QED) is 0.548. The predicted octanol–water partition coefficient (Wildman–Crippen LogP) is 1.52. The van der Waals surface area contributed by atoms with Crippen molar-refractivity contribution in [3.63, 3.8) is 0 Å². The van der Waals surface area contributed by atoms with E-state index in [0.29, 0.717) is 45.6 Å². The van der Waals surface area contributed by atoms with Crippen molar-refractivity contribution in [1.29, 1.82) is 0 Å². The van der Waals surface area contributed by atoms with E-state index in [1.807, 2.05) is 0 Å². The lowest BCUT2D eigenvalue weighted by molar-refractivity contribution is 0.324. The van der Waals surface area contributed by atoms with Gasteiger partial charge >= 0.3 is 5.69 Å². The highest BCUT2D eigenvalue weighted by Crippen LogP contribution is 2.40. The molecular weight excluding hydrogens is 352 g/mol. The van der Waals surface area contributed by atoms with Gasteiger partial charge in [0.05, 0.1) is 45.7 Å². The van der Waals surface area contributed by atoms with Crippen molar-refractivity contribution in [3.05, 3.63) is 41.3 Å². The zero-order chi connectivity index (χ0) is 19.0. The Kier molecular flexibility index (Phi) is 3.99. The second-order valence-corrected chi connectivity index (χ2v) is 5.54. The summed E-state index contributed by atoms with van der Waals surface area (Å²) >= 11 is 0. The molecule has 0 atom stereocenters. The van der Waals surface area contributed by atoms with Gasteiger partial charge in [0.1, 0.15) is 5.82 Å². The molecule has 3 heterocycles. The molecule has 138 valence electrons. The SMILES string of the molecule is COc1cc(-c2cnc3[nH]c(=O)n(-c4cnc[nH]4)c3n2)cc(OC)c1OC. The minimum Gasteiger partial charge on any atom is -0.493 e. The fourth-order valence-corrected chi connectivity index (χ4v) is 2.84. The van der Waals surface area contributed by atoms with Crippen LogP contribution in [0.15, 0.2) is 35.6 Å². The molecule has 4 aromatic rings. The third kappa shape index (κ3) is 2.67. The minimum absolute atomic E-state index is 0.365. The Morgan fingerprint density at radius 3 is 2.37 bits per heavy atom. The summed E-state index contributed by atoms with van der Waals surface area (Å²) in [5.41, 5.74) is 1.61. The highest BCUT2D eigenvalue weighted by molar-refractivity contribution is 5.74. The summed E-state index contributed by atoms with van der Waals surface area (Å²) in [6.07, 6.45) is 4.58. The molecule has 0 saturated heterocycles. The van der Waals surface area contributed by atoms with E-state index in [1.54, 1.807) is 18.3 Å². The van der Waals surface area contributed by atoms with Crippen LogP contribution in [0.2, 0.25) is 0 Å². The molecule has 10 heteroatoms. The molecule has 0 bridgehead atoms. The number of H-pyrrole nitrogens is 2. The van der Waals surface area contributed by atoms with Gasteiger partial charge in [0, 0.05) is 5.56 Å². The standard InChI is InChI=1S/C17H16N6O4/c1-25-11-4-9(5-12(26-2)14(11)27-3)10-6-19-15-16(21-10)23(17(24)22-15)13-7-18-8-20-13/h4-8H,1-3H3,(H,18,20)(H,19,22,24). The van der Waals surface area contributed by atoms with Crippen LogP contribution in [0, 0.1) is 0 Å². The van der Waals surface area contributed by atoms with Crippen molar-refractivity contribution in [2.24, 2.45) is 0 Å². The van der Waals surface area contributed by atoms with E-state index < -0.39 is 0 Å². The van der Waals surface area contributed by atoms with Gasteiger partial charge in [-0.25, -0.2) is 24.3 Å². The largest absolute Gasteiger partial charge is 0.493 e. The topological polar surface area (TPSA) is 120 Å². The van der Waals surface area contributed by atoms with Crippen LogP contribution in [0.5, 0.6) is 17.2 Å². The fraction of sp³-hybridized carbons (Fsp3) is 0.176. The molecule has 0 radical (unpaired) electrons. The van der Waals surface area contributed by atoms with Crippen LogP contribution in [-0.2, 0) is 0 Å². The molecule has 0 unspecified atom stereocenters. The van der Waals surface area contributed by atoms with E-state index >= 15 is 0 Å². The van der Waals surface area contributed by atoms with E-state index in [1.165, 1.54) is 38.4 Å². The number of hydrogen-bond acceptors (Lipinski definition) is 7. The normalized spacial score (nSPS) is 10.9. The van der Waals surface area contributed by atoms with Crippen LogP contribution >= 0.6 is 0 Å². The summed E-state index contributed by atoms with van der Waals surface area (Å²) in [5, 5.41) is 0. The minimum atomic E-state index is -0.365. The van der Waals surface area contributed by atoms with E-state index in [2.05, 4.69) is 24.9 Å². The summed E-state index contributed by atoms with van der Waals surface area (Å²) in [6.45, 7) is 0. The van der Waals surface area contributed by atoms with Crippen molar-refractivity contribution < 1.29 is 14.2 Å². The maximum Gasteiger partial charge on any atom is 0.334 e. The maximum absolute atomic E-state index is 12.3. The number of nitrogens with zero attached hydrogens (tertiary/aromatic N) is 4. The molecule has 1 aromatic carbocycles. The monoisotopic (exact) mass is 368 g/mol. The highest BCUT2D eigenvalue weighted by Gasteiger charge is 2.17. The van der Waals surface area contributed by atoms with Gasteiger partial charge in [-0.3, -0.25) is 4.98 Å². The third-order valence-corrected chi connectivity index (χ3v) is 4.08. The van der Waals surface area contributed by atoms with Gasteiger partial charge in [0.2, 0.25) is 5.75 Å². The van der Waals surface area contributed by atoms with Gasteiger partial charge in [-0.15, -0.1) is 0 Å². The average molecular weight is 368 g/mol. The van der Waals surface area contributed by atoms with Crippen LogP contribution in [0.4, 0.5) is 0 Å². The first-order chi connectivity index (χ1) is 13.2. The number of fused-ring (bicyclic) bond motifs is 1. The van der Waals surface area contributed by atoms with Gasteiger partial charge in [0.15, 0.2) is 22.8 Å². The smallest absolute Gasteiger partial charge is 0.334 e. The molecule has 0 aliphatic carbocycles. The van der Waals surface area contributed by atoms with E-state index in [-0.39, 0.29) is 5.69 Å². The molecule has 3 aromatic heterocycles. The third-order valence-electron chi connectivity index (χ3n) is 4.08. The number of nitrogens with one attached hydrogen (secondary N) is 2. The van der Waals surface area contributed by atoms with Crippen LogP contribution in [0.3, 0.4) is 0 Å². The molecule has 0 saturated carbocycles. The van der Waals surface area contributed by atoms with Gasteiger partial charge < -0.3 is 19.2 Å². The van der Waals surface area contributed by atoms with E-state index in [4.69, 9.17) is 14.2 Å². The molecule has 2 N–H and O–H groups in total. The first kappa shape index (κ1) is 16.6. The Labute approximate surface area is 152 Å². The van der Waals surface area contributed by atoms with Gasteiger partial charge in [0.25, 0.3) is 0 Å². The molecule has 27 heavy (non-hydrogen) atoms. The number of benzene rings is 1. The van der Waals surface area contributed by atoms with Crippen LogP contribution in [0.1, 0.15) is 0 Å². The van der Waals surface area contributed by atoms with Crippen molar-refractivity contribution >= 4 is 11.3 Å². The Morgan fingerprint density at radius 1 is 1.04 bits per heavy atom. The lowest BCUT2D eigenvalue weighted by Gasteiger charge is -2.13. The zero-order valence-corrected chi connectivity index (χ0v) is 14.8. The number of imidazole rings is 2. The lowest BCUT2D eigenvalue weighted by Crippen LogP contribution is -2.15. The molecular formula is C17H16N6O4. The summed E-state index contributed by atoms with van der Waals surface area (Å²) in [6, 6.07) is 3.53. The number of aromatic amines is 2. The average Bonchev–Trinajstić information content (AvgIpc) is 3.32. The molecule has 0 spiro atoms. The summed E-state index contributed by atoms with van der Waals surface area (Å²) in [5.74, 6) is 1.96. The highest BCUT2D eigenvalue weighted by atomic mass is 16.5. The molecule has 4 rings (SSSR count). The van der Waals surface area contributed by atoms with Crippen LogP contribution < -0.4 is 19.9 Å². The molecule has 0 amide bonds. The number of methoxy groups -OCH3 is 3. The Hall–Kier alpha value is -3.82. The van der Waals surface area contributed by atoms with Gasteiger partial charge in [-0.05, 0) is 12.1 Å². The Morgan fingerprint density at radius 2 is 1.78 bits per heavy atom. The van der Waals surface area contributed by atoms with Crippen molar-refractivity contribution in [1.82, 2.24) is 29.5 Å². The second-order valence-electron chi connectivity index (χ2n) is 5.54. The van der Waals surface area contributed by atoms with Crippen molar-refractivity contribution in [2.45, 2.75) is 0 Å². The van der Waals surface area contributed by atoms with E-state index in [0.717, 1.165) is 0 Å². The lowest BCUT2D eigenvalue weighted by atomic mass is 10.1. The summed E-state index contributed by atoms with van der Waals surface area (Å²) in [4.78, 5) is 30.7. The molecule has 0 aliphatic heterocycles. The first-order valence-electron chi connectivity index (χ1n) is 7.93. The molecule has 10 nitrogen and oxygen atoms in total. The number of rotatable bonds is 5. The fourth-order valence-electron chi connectivity index (χ4n) is 2.84. The van der Waals surface area contributed by atoms with Crippen LogP contribution in [-0.4, -0.2) is 50.8 Å². The van der Waals surface area contributed by atoms with Crippen molar-refractivity contribution in [2.75, 3.05) is 21.3 Å². The van der Waals surface area contributed by atoms with E-state index in [9.17, 15) is 4.79 Å². The molecule has 0 fully saturated rings. The zero-order valence-electron chi connectivity index (χ0n) is 14.8. The summed E-state index contributed by atoms with van der Waals surface area (Å²) < 4.78 is 17.5. The number of hydrogen-bond donors (Lipinski definition) is 2. The first-order valence-corrected chi connectivity index (χ1v) is 7.93. The van der Waals surface area contributed by atoms with Gasteiger partial charge in [-0.1, -0.05) is 0 Å². The van der Waals surface area contributed by atoms with Crippen LogP contribution in [0.25, 0.3) is 28.4 Å². The molecule has 0 aliphatic rings. The maximum atomic E-state index is 12.3. The number of ether oxygens (including phenoxy) is 3. The summed E-state index contributed by atoms with van der Waals surface area (Å²) in [7, 11) is 4.62. The Balaban J connectivity index is 1.93. The second kappa shape index (κ2) is 6.48. The number of aromatic nitrogens is 6. The van der Waals surface area contributed by atoms with Crippen molar-refractivity contribution in [3.8, 4) is 34.3 Å². The predicted molar refractivity (Wildman–Crippen MR) is 96.7 cm³/mol.